The third-order valence-corrected chi connectivity index (χ3v) is 2.77. The van der Waals surface area contributed by atoms with Crippen LogP contribution in [-0.4, -0.2) is 25.2 Å². The van der Waals surface area contributed by atoms with Crippen molar-refractivity contribution in [3.63, 3.8) is 0 Å². The first-order valence-corrected chi connectivity index (χ1v) is 5.70. The number of aryl methyl sites for hydroxylation is 2. The lowest BCUT2D eigenvalue weighted by Crippen LogP contribution is -2.20. The molecule has 0 aliphatic rings. The molecule has 0 aliphatic heterocycles. The minimum atomic E-state index is -0.0346. The molecule has 0 unspecified atom stereocenters. The van der Waals surface area contributed by atoms with Gasteiger partial charge in [-0.1, -0.05) is 0 Å². The molecule has 0 saturated carbocycles. The van der Waals surface area contributed by atoms with Crippen LogP contribution < -0.4 is 5.56 Å². The van der Waals surface area contributed by atoms with Gasteiger partial charge in [0.1, 0.15) is 5.39 Å². The van der Waals surface area contributed by atoms with Crippen LogP contribution in [0.5, 0.6) is 0 Å². The van der Waals surface area contributed by atoms with Crippen LogP contribution >= 0.6 is 11.6 Å². The van der Waals surface area contributed by atoms with E-state index in [0.29, 0.717) is 23.5 Å². The summed E-state index contributed by atoms with van der Waals surface area (Å²) in [6, 6.07) is 0. The van der Waals surface area contributed by atoms with E-state index in [9.17, 15) is 4.79 Å². The molecule has 0 aliphatic carbocycles. The second-order valence-corrected chi connectivity index (χ2v) is 4.02. The molecule has 0 atom stereocenters. The van der Waals surface area contributed by atoms with Crippen molar-refractivity contribution >= 4 is 22.6 Å². The normalized spacial score (nSPS) is 11.1. The fourth-order valence-corrected chi connectivity index (χ4v) is 1.79. The third kappa shape index (κ3) is 1.95. The lowest BCUT2D eigenvalue weighted by molar-refractivity contribution is 0.609. The molecule has 2 aromatic heterocycles. The molecule has 5 nitrogen and oxygen atoms in total. The molecule has 2 aromatic rings. The van der Waals surface area contributed by atoms with Crippen molar-refractivity contribution < 1.29 is 0 Å². The summed E-state index contributed by atoms with van der Waals surface area (Å²) in [6.07, 6.45) is 4.92. The molecule has 0 spiro atoms. The van der Waals surface area contributed by atoms with Crippen LogP contribution in [0.3, 0.4) is 0 Å². The van der Waals surface area contributed by atoms with Crippen molar-refractivity contribution in [2.45, 2.75) is 19.4 Å². The second kappa shape index (κ2) is 4.65. The molecule has 2 heterocycles. The maximum Gasteiger partial charge on any atom is 0.264 e. The monoisotopic (exact) mass is 240 g/mol. The van der Waals surface area contributed by atoms with Gasteiger partial charge in [0.15, 0.2) is 5.65 Å². The Hall–Kier alpha value is -1.36. The van der Waals surface area contributed by atoms with Crippen LogP contribution in [0.4, 0.5) is 0 Å². The first-order valence-electron chi connectivity index (χ1n) is 5.17. The number of nitrogens with zero attached hydrogens (tertiary/aromatic N) is 4. The van der Waals surface area contributed by atoms with E-state index in [2.05, 4.69) is 10.1 Å². The van der Waals surface area contributed by atoms with Crippen molar-refractivity contribution in [3.05, 3.63) is 22.9 Å². The SMILES string of the molecule is Cn1ncc2c(=O)n(CCCCCl)cnc21. The van der Waals surface area contributed by atoms with Gasteiger partial charge in [-0.15, -0.1) is 11.6 Å². The average molecular weight is 241 g/mol. The lowest BCUT2D eigenvalue weighted by atomic mass is 10.3. The van der Waals surface area contributed by atoms with Gasteiger partial charge in [-0.25, -0.2) is 4.98 Å². The number of fused-ring (bicyclic) bond motifs is 1. The van der Waals surface area contributed by atoms with E-state index in [0.717, 1.165) is 12.8 Å². The van der Waals surface area contributed by atoms with E-state index < -0.39 is 0 Å². The fourth-order valence-electron chi connectivity index (χ4n) is 1.60. The van der Waals surface area contributed by atoms with Gasteiger partial charge in [-0.3, -0.25) is 14.0 Å². The predicted octanol–water partition coefficient (Wildman–Crippen LogP) is 1.15. The van der Waals surface area contributed by atoms with E-state index in [1.807, 2.05) is 0 Å². The summed E-state index contributed by atoms with van der Waals surface area (Å²) in [5.41, 5.74) is 0.589. The molecule has 0 radical (unpaired) electrons. The van der Waals surface area contributed by atoms with Crippen molar-refractivity contribution in [3.8, 4) is 0 Å². The summed E-state index contributed by atoms with van der Waals surface area (Å²) in [7, 11) is 1.77. The number of hydrogen-bond donors (Lipinski definition) is 0. The van der Waals surface area contributed by atoms with Crippen molar-refractivity contribution in [2.24, 2.45) is 7.05 Å². The topological polar surface area (TPSA) is 52.7 Å². The summed E-state index contributed by atoms with van der Waals surface area (Å²) >= 11 is 5.59. The van der Waals surface area contributed by atoms with Gasteiger partial charge in [0.05, 0.1) is 12.5 Å². The van der Waals surface area contributed by atoms with Gasteiger partial charge in [-0.2, -0.15) is 5.10 Å². The van der Waals surface area contributed by atoms with Crippen molar-refractivity contribution in [1.82, 2.24) is 19.3 Å². The zero-order valence-corrected chi connectivity index (χ0v) is 9.81. The quantitative estimate of drug-likeness (QED) is 0.595. The zero-order valence-electron chi connectivity index (χ0n) is 9.06. The van der Waals surface area contributed by atoms with E-state index in [-0.39, 0.29) is 5.56 Å². The number of hydrogen-bond acceptors (Lipinski definition) is 3. The molecule has 0 amide bonds. The molecule has 16 heavy (non-hydrogen) atoms. The molecule has 0 N–H and O–H groups in total. The van der Waals surface area contributed by atoms with E-state index in [1.54, 1.807) is 28.8 Å². The zero-order chi connectivity index (χ0) is 11.5. The Labute approximate surface area is 97.7 Å². The maximum absolute atomic E-state index is 12.0. The van der Waals surface area contributed by atoms with Crippen LogP contribution in [0, 0.1) is 0 Å². The maximum atomic E-state index is 12.0. The van der Waals surface area contributed by atoms with Crippen LogP contribution in [-0.2, 0) is 13.6 Å². The molecule has 0 fully saturated rings. The van der Waals surface area contributed by atoms with Gasteiger partial charge < -0.3 is 0 Å². The number of halogens is 1. The van der Waals surface area contributed by atoms with Crippen LogP contribution in [0.1, 0.15) is 12.8 Å². The highest BCUT2D eigenvalue weighted by atomic mass is 35.5. The molecular weight excluding hydrogens is 228 g/mol. The molecular formula is C10H13ClN4O. The summed E-state index contributed by atoms with van der Waals surface area (Å²) in [5, 5.41) is 4.58. The standard InChI is InChI=1S/C10H13ClN4O/c1-14-9-8(6-13-14)10(16)15(7-12-9)5-3-2-4-11/h6-7H,2-5H2,1H3. The van der Waals surface area contributed by atoms with E-state index in [1.165, 1.54) is 0 Å². The molecule has 86 valence electrons. The molecule has 0 bridgehead atoms. The van der Waals surface area contributed by atoms with Gasteiger partial charge in [0, 0.05) is 19.5 Å². The Kier molecular flexibility index (Phi) is 3.24. The average Bonchev–Trinajstić information content (AvgIpc) is 2.65. The molecule has 0 aromatic carbocycles. The Morgan fingerprint density at radius 3 is 3.00 bits per heavy atom. The first-order chi connectivity index (χ1) is 7.74. The summed E-state index contributed by atoms with van der Waals surface area (Å²) in [5.74, 6) is 0.622. The van der Waals surface area contributed by atoms with Gasteiger partial charge in [0.25, 0.3) is 5.56 Å². The van der Waals surface area contributed by atoms with E-state index in [4.69, 9.17) is 11.6 Å². The van der Waals surface area contributed by atoms with E-state index >= 15 is 0 Å². The number of alkyl halides is 1. The Morgan fingerprint density at radius 1 is 1.44 bits per heavy atom. The Morgan fingerprint density at radius 2 is 2.25 bits per heavy atom. The Balaban J connectivity index is 2.34. The number of rotatable bonds is 4. The summed E-state index contributed by atoms with van der Waals surface area (Å²) < 4.78 is 3.20. The largest absolute Gasteiger partial charge is 0.299 e. The van der Waals surface area contributed by atoms with Crippen molar-refractivity contribution in [2.75, 3.05) is 5.88 Å². The van der Waals surface area contributed by atoms with Gasteiger partial charge in [0.2, 0.25) is 0 Å². The molecule has 2 rings (SSSR count). The highest BCUT2D eigenvalue weighted by Crippen LogP contribution is 2.03. The molecule has 6 heteroatoms. The minimum Gasteiger partial charge on any atom is -0.299 e. The lowest BCUT2D eigenvalue weighted by Gasteiger charge is -2.03. The first kappa shape index (κ1) is 11.1. The fraction of sp³-hybridized carbons (Fsp3) is 0.500. The third-order valence-electron chi connectivity index (χ3n) is 2.50. The summed E-state index contributed by atoms with van der Waals surface area (Å²) in [4.78, 5) is 16.2. The smallest absolute Gasteiger partial charge is 0.264 e. The van der Waals surface area contributed by atoms with Crippen molar-refractivity contribution in [1.29, 1.82) is 0 Å². The minimum absolute atomic E-state index is 0.0346. The number of unbranched alkanes of at least 4 members (excludes halogenated alkanes) is 1. The van der Waals surface area contributed by atoms with Crippen LogP contribution in [0.2, 0.25) is 0 Å². The second-order valence-electron chi connectivity index (χ2n) is 3.64. The highest BCUT2D eigenvalue weighted by Gasteiger charge is 2.07. The van der Waals surface area contributed by atoms with Gasteiger partial charge >= 0.3 is 0 Å². The Bertz CT molecular complexity index is 545. The number of aromatic nitrogens is 4. The highest BCUT2D eigenvalue weighted by molar-refractivity contribution is 6.17. The van der Waals surface area contributed by atoms with Crippen LogP contribution in [0.15, 0.2) is 17.3 Å². The molecule has 0 saturated heterocycles. The van der Waals surface area contributed by atoms with Gasteiger partial charge in [-0.05, 0) is 12.8 Å². The predicted molar refractivity (Wildman–Crippen MR) is 62.7 cm³/mol. The summed E-state index contributed by atoms with van der Waals surface area (Å²) in [6.45, 7) is 0.656. The van der Waals surface area contributed by atoms with Crippen LogP contribution in [0.25, 0.3) is 11.0 Å².